The number of hydrogen-bond acceptors (Lipinski definition) is 5. The number of amides is 1. The van der Waals surface area contributed by atoms with Crippen LogP contribution in [0.3, 0.4) is 0 Å². The Morgan fingerprint density at radius 1 is 1.08 bits per heavy atom. The number of aliphatic hydroxyl groups is 1. The minimum atomic E-state index is -3.69. The molecule has 2 heterocycles. The highest BCUT2D eigenvalue weighted by Crippen LogP contribution is 2.40. The predicted octanol–water partition coefficient (Wildman–Crippen LogP) is 1.94. The summed E-state index contributed by atoms with van der Waals surface area (Å²) in [5, 5.41) is 10.4. The van der Waals surface area contributed by atoms with E-state index >= 15 is 0 Å². The second-order valence-corrected chi connectivity index (χ2v) is 8.48. The highest BCUT2D eigenvalue weighted by atomic mass is 32.2. The largest absolute Gasteiger partial charge is 0.490 e. The number of carbonyl (C=O) groups excluding carboxylic acids is 1. The predicted molar refractivity (Wildman–Crippen MR) is 93.5 cm³/mol. The van der Waals surface area contributed by atoms with Crippen molar-refractivity contribution in [3.8, 4) is 5.75 Å². The van der Waals surface area contributed by atoms with Crippen LogP contribution in [0.15, 0.2) is 58.3 Å². The number of carbonyl (C=O) groups is 1. The van der Waals surface area contributed by atoms with Gasteiger partial charge < -0.3 is 14.7 Å². The Kier molecular flexibility index (Phi) is 4.20. The van der Waals surface area contributed by atoms with Crippen LogP contribution in [0, 0.1) is 0 Å². The van der Waals surface area contributed by atoms with Gasteiger partial charge in [-0.25, -0.2) is 8.42 Å². The first-order valence-corrected chi connectivity index (χ1v) is 10.0. The van der Waals surface area contributed by atoms with E-state index in [1.54, 1.807) is 41.3 Å². The lowest BCUT2D eigenvalue weighted by molar-refractivity contribution is -0.133. The topological polar surface area (TPSA) is 83.9 Å². The maximum atomic E-state index is 12.9. The summed E-state index contributed by atoms with van der Waals surface area (Å²) in [6.07, 6.45) is 0.293. The molecular weight excluding hydrogens is 354 g/mol. The summed E-state index contributed by atoms with van der Waals surface area (Å²) < 4.78 is 31.4. The number of benzene rings is 2. The molecule has 2 aromatic carbocycles. The number of nitrogens with zero attached hydrogens (tertiary/aromatic N) is 1. The highest BCUT2D eigenvalue weighted by Gasteiger charge is 2.39. The molecule has 7 heteroatoms. The van der Waals surface area contributed by atoms with Crippen LogP contribution in [0.1, 0.15) is 24.4 Å². The molecule has 0 aromatic heterocycles. The number of rotatable bonds is 3. The maximum absolute atomic E-state index is 12.9. The fraction of sp³-hybridized carbons (Fsp3) is 0.316. The fourth-order valence-electron chi connectivity index (χ4n) is 3.60. The summed E-state index contributed by atoms with van der Waals surface area (Å²) in [6, 6.07) is 12.2. The van der Waals surface area contributed by atoms with Gasteiger partial charge >= 0.3 is 0 Å². The molecule has 1 amide bonds. The van der Waals surface area contributed by atoms with Gasteiger partial charge in [-0.3, -0.25) is 4.79 Å². The smallest absolute Gasteiger partial charge is 0.223 e. The maximum Gasteiger partial charge on any atom is 0.223 e. The van der Waals surface area contributed by atoms with E-state index in [1.807, 2.05) is 0 Å². The Bertz CT molecular complexity index is 942. The van der Waals surface area contributed by atoms with Gasteiger partial charge in [-0.2, -0.15) is 0 Å². The number of likely N-dealkylation sites (tertiary alicyclic amines) is 1. The first-order chi connectivity index (χ1) is 12.5. The van der Waals surface area contributed by atoms with Crippen molar-refractivity contribution in [2.24, 2.45) is 0 Å². The quantitative estimate of drug-likeness (QED) is 0.889. The van der Waals surface area contributed by atoms with E-state index in [0.717, 1.165) is 6.42 Å². The van der Waals surface area contributed by atoms with Crippen molar-refractivity contribution in [3.05, 3.63) is 54.1 Å². The molecule has 0 aliphatic carbocycles. The first-order valence-electron chi connectivity index (χ1n) is 8.53. The molecular formula is C19H19NO5S. The number of hydrogen-bond donors (Lipinski definition) is 1. The van der Waals surface area contributed by atoms with Crippen molar-refractivity contribution in [1.82, 2.24) is 4.90 Å². The van der Waals surface area contributed by atoms with Gasteiger partial charge in [0, 0.05) is 18.5 Å². The van der Waals surface area contributed by atoms with Crippen LogP contribution in [-0.2, 0) is 14.6 Å². The van der Waals surface area contributed by atoms with Gasteiger partial charge in [-0.05, 0) is 36.8 Å². The van der Waals surface area contributed by atoms with Gasteiger partial charge in [0.25, 0.3) is 0 Å². The summed E-state index contributed by atoms with van der Waals surface area (Å²) in [4.78, 5) is 14.1. The molecule has 2 aliphatic rings. The molecule has 6 nitrogen and oxygen atoms in total. The third kappa shape index (κ3) is 2.77. The summed E-state index contributed by atoms with van der Waals surface area (Å²) in [7, 11) is -3.69. The Morgan fingerprint density at radius 2 is 1.85 bits per heavy atom. The van der Waals surface area contributed by atoms with Gasteiger partial charge in [0.15, 0.2) is 0 Å². The summed E-state index contributed by atoms with van der Waals surface area (Å²) in [5.41, 5.74) is 0.538. The number of aliphatic hydroxyl groups excluding tert-OH is 1. The van der Waals surface area contributed by atoms with E-state index in [1.165, 1.54) is 12.1 Å². The summed E-state index contributed by atoms with van der Waals surface area (Å²) in [6.45, 7) is 0.627. The Balaban J connectivity index is 1.80. The summed E-state index contributed by atoms with van der Waals surface area (Å²) >= 11 is 0. The molecule has 1 N–H and O–H groups in total. The SMILES string of the molecule is O=C1CCCN1[C@@H]1c2cc(S(=O)(=O)c3ccccc3)ccc2OC[C@H]1O. The van der Waals surface area contributed by atoms with Crippen LogP contribution >= 0.6 is 0 Å². The van der Waals surface area contributed by atoms with Gasteiger partial charge in [-0.15, -0.1) is 0 Å². The van der Waals surface area contributed by atoms with E-state index in [0.29, 0.717) is 24.3 Å². The zero-order valence-electron chi connectivity index (χ0n) is 14.0. The standard InChI is InChI=1S/C19H19NO5S/c21-16-12-25-17-9-8-14(26(23,24)13-5-2-1-3-6-13)11-15(17)19(16)20-10-4-7-18(20)22/h1-3,5-6,8-9,11,16,19,21H,4,7,10,12H2/t16-,19-/m1/s1. The van der Waals surface area contributed by atoms with Crippen molar-refractivity contribution < 1.29 is 23.1 Å². The third-order valence-electron chi connectivity index (χ3n) is 4.88. The minimum absolute atomic E-state index is 0.0294. The van der Waals surface area contributed by atoms with E-state index < -0.39 is 22.0 Å². The van der Waals surface area contributed by atoms with Crippen molar-refractivity contribution in [2.45, 2.75) is 34.8 Å². The third-order valence-corrected chi connectivity index (χ3v) is 6.65. The van der Waals surface area contributed by atoms with Crippen LogP contribution in [0.2, 0.25) is 0 Å². The zero-order valence-corrected chi connectivity index (χ0v) is 14.9. The lowest BCUT2D eigenvalue weighted by atomic mass is 9.97. The van der Waals surface area contributed by atoms with Gasteiger partial charge in [-0.1, -0.05) is 18.2 Å². The molecule has 0 unspecified atom stereocenters. The van der Waals surface area contributed by atoms with Crippen LogP contribution in [-0.4, -0.2) is 43.6 Å². The molecule has 1 saturated heterocycles. The number of sulfone groups is 1. The molecule has 0 spiro atoms. The molecule has 4 rings (SSSR count). The van der Waals surface area contributed by atoms with Crippen molar-refractivity contribution >= 4 is 15.7 Å². The van der Waals surface area contributed by atoms with Crippen molar-refractivity contribution in [2.75, 3.05) is 13.2 Å². The fourth-order valence-corrected chi connectivity index (χ4v) is 4.92. The van der Waals surface area contributed by atoms with E-state index in [4.69, 9.17) is 4.74 Å². The molecule has 0 bridgehead atoms. The first kappa shape index (κ1) is 17.1. The van der Waals surface area contributed by atoms with Gasteiger partial charge in [0.1, 0.15) is 18.5 Å². The molecule has 1 fully saturated rings. The minimum Gasteiger partial charge on any atom is -0.490 e. The van der Waals surface area contributed by atoms with Crippen LogP contribution < -0.4 is 4.74 Å². The molecule has 136 valence electrons. The molecule has 0 saturated carbocycles. The van der Waals surface area contributed by atoms with E-state index in [9.17, 15) is 18.3 Å². The van der Waals surface area contributed by atoms with E-state index in [2.05, 4.69) is 0 Å². The monoisotopic (exact) mass is 373 g/mol. The second kappa shape index (κ2) is 6.41. The lowest BCUT2D eigenvalue weighted by Gasteiger charge is -2.36. The number of fused-ring (bicyclic) bond motifs is 1. The Morgan fingerprint density at radius 3 is 2.54 bits per heavy atom. The lowest BCUT2D eigenvalue weighted by Crippen LogP contribution is -2.42. The van der Waals surface area contributed by atoms with Crippen LogP contribution in [0.5, 0.6) is 5.75 Å². The van der Waals surface area contributed by atoms with Gasteiger partial charge in [0.2, 0.25) is 15.7 Å². The molecule has 0 radical (unpaired) electrons. The van der Waals surface area contributed by atoms with Crippen LogP contribution in [0.25, 0.3) is 0 Å². The Hall–Kier alpha value is -2.38. The normalized spacial score (nSPS) is 22.8. The van der Waals surface area contributed by atoms with Crippen molar-refractivity contribution in [1.29, 1.82) is 0 Å². The zero-order chi connectivity index (χ0) is 18.3. The average Bonchev–Trinajstić information content (AvgIpc) is 3.07. The molecule has 26 heavy (non-hydrogen) atoms. The van der Waals surface area contributed by atoms with E-state index in [-0.39, 0.29) is 22.3 Å². The highest BCUT2D eigenvalue weighted by molar-refractivity contribution is 7.91. The summed E-state index contributed by atoms with van der Waals surface area (Å²) in [5.74, 6) is 0.477. The molecule has 2 aliphatic heterocycles. The number of ether oxygens (including phenoxy) is 1. The van der Waals surface area contributed by atoms with Crippen molar-refractivity contribution in [3.63, 3.8) is 0 Å². The van der Waals surface area contributed by atoms with Crippen LogP contribution in [0.4, 0.5) is 0 Å². The van der Waals surface area contributed by atoms with Gasteiger partial charge in [0.05, 0.1) is 15.8 Å². The average molecular weight is 373 g/mol. The molecule has 2 atom stereocenters. The molecule has 2 aromatic rings. The second-order valence-electron chi connectivity index (χ2n) is 6.53. The Labute approximate surface area is 151 Å².